The Morgan fingerprint density at radius 3 is 2.83 bits per heavy atom. The summed E-state index contributed by atoms with van der Waals surface area (Å²) in [6.45, 7) is 2.20. The highest BCUT2D eigenvalue weighted by Crippen LogP contribution is 2.31. The van der Waals surface area contributed by atoms with E-state index in [0.717, 1.165) is 21.5 Å². The van der Waals surface area contributed by atoms with Gasteiger partial charge < -0.3 is 4.74 Å². The molecule has 5 nitrogen and oxygen atoms in total. The molecule has 0 saturated heterocycles. The minimum Gasteiger partial charge on any atom is -0.484 e. The molecule has 1 amide bonds. The first-order chi connectivity index (χ1) is 14.1. The van der Waals surface area contributed by atoms with E-state index >= 15 is 0 Å². The summed E-state index contributed by atoms with van der Waals surface area (Å²) in [5, 5.41) is 1.23. The maximum atomic E-state index is 13.1. The number of fused-ring (bicyclic) bond motifs is 1. The molecule has 0 N–H and O–H groups in total. The van der Waals surface area contributed by atoms with Gasteiger partial charge in [0.05, 0.1) is 22.5 Å². The zero-order valence-corrected chi connectivity index (χ0v) is 17.3. The number of thiazole rings is 1. The van der Waals surface area contributed by atoms with E-state index in [1.807, 2.05) is 61.5 Å². The Kier molecular flexibility index (Phi) is 5.74. The van der Waals surface area contributed by atoms with Crippen LogP contribution in [0.15, 0.2) is 66.9 Å². The van der Waals surface area contributed by atoms with Crippen molar-refractivity contribution in [1.29, 1.82) is 0 Å². The predicted octanol–water partition coefficient (Wildman–Crippen LogP) is 5.27. The lowest BCUT2D eigenvalue weighted by atomic mass is 10.2. The standard InChI is InChI=1S/C22H18ClN3O2S/c1-15-5-4-7-18(11-15)28-14-21(27)26(13-17-6-2-3-10-24-17)22-25-19-9-8-16(23)12-20(19)29-22/h2-12H,13-14H2,1H3. The van der Waals surface area contributed by atoms with E-state index in [2.05, 4.69) is 9.97 Å². The van der Waals surface area contributed by atoms with Crippen LogP contribution < -0.4 is 9.64 Å². The van der Waals surface area contributed by atoms with E-state index < -0.39 is 0 Å². The quantitative estimate of drug-likeness (QED) is 0.424. The van der Waals surface area contributed by atoms with Crippen molar-refractivity contribution in [3.8, 4) is 5.75 Å². The van der Waals surface area contributed by atoms with Crippen LogP contribution in [0.1, 0.15) is 11.3 Å². The van der Waals surface area contributed by atoms with E-state index in [9.17, 15) is 4.79 Å². The average molecular weight is 424 g/mol. The van der Waals surface area contributed by atoms with Crippen molar-refractivity contribution in [3.63, 3.8) is 0 Å². The number of anilines is 1. The molecule has 2 aromatic heterocycles. The highest BCUT2D eigenvalue weighted by atomic mass is 35.5. The second kappa shape index (κ2) is 8.59. The smallest absolute Gasteiger partial charge is 0.267 e. The number of hydrogen-bond donors (Lipinski definition) is 0. The van der Waals surface area contributed by atoms with Crippen LogP contribution in [0.3, 0.4) is 0 Å². The van der Waals surface area contributed by atoms with Gasteiger partial charge in [-0.1, -0.05) is 41.1 Å². The van der Waals surface area contributed by atoms with E-state index in [1.54, 1.807) is 17.2 Å². The monoisotopic (exact) mass is 423 g/mol. The van der Waals surface area contributed by atoms with Crippen LogP contribution in [0.5, 0.6) is 5.75 Å². The van der Waals surface area contributed by atoms with Gasteiger partial charge in [-0.15, -0.1) is 0 Å². The number of pyridine rings is 1. The SMILES string of the molecule is Cc1cccc(OCC(=O)N(Cc2ccccn2)c2nc3ccc(Cl)cc3s2)c1. The Morgan fingerprint density at radius 1 is 1.14 bits per heavy atom. The van der Waals surface area contributed by atoms with Crippen molar-refractivity contribution in [2.24, 2.45) is 0 Å². The zero-order chi connectivity index (χ0) is 20.2. The molecule has 0 bridgehead atoms. The summed E-state index contributed by atoms with van der Waals surface area (Å²) in [5.74, 6) is 0.467. The van der Waals surface area contributed by atoms with Gasteiger partial charge >= 0.3 is 0 Å². The summed E-state index contributed by atoms with van der Waals surface area (Å²) in [5.41, 5.74) is 2.64. The second-order valence-electron chi connectivity index (χ2n) is 6.51. The molecule has 146 valence electrons. The molecule has 0 fully saturated rings. The Balaban J connectivity index is 1.60. The Hall–Kier alpha value is -2.96. The van der Waals surface area contributed by atoms with Crippen LogP contribution in [-0.4, -0.2) is 22.5 Å². The maximum Gasteiger partial charge on any atom is 0.267 e. The number of ether oxygens (including phenoxy) is 1. The molecule has 2 aromatic carbocycles. The highest BCUT2D eigenvalue weighted by Gasteiger charge is 2.21. The van der Waals surface area contributed by atoms with Crippen molar-refractivity contribution in [3.05, 3.63) is 83.1 Å². The summed E-state index contributed by atoms with van der Waals surface area (Å²) in [6, 6.07) is 18.7. The summed E-state index contributed by atoms with van der Waals surface area (Å²) in [6.07, 6.45) is 1.71. The highest BCUT2D eigenvalue weighted by molar-refractivity contribution is 7.22. The zero-order valence-electron chi connectivity index (χ0n) is 15.7. The summed E-state index contributed by atoms with van der Waals surface area (Å²) in [7, 11) is 0. The molecule has 0 aliphatic heterocycles. The fourth-order valence-electron chi connectivity index (χ4n) is 2.85. The molecule has 0 unspecified atom stereocenters. The van der Waals surface area contributed by atoms with E-state index in [0.29, 0.717) is 22.4 Å². The van der Waals surface area contributed by atoms with E-state index in [1.165, 1.54) is 11.3 Å². The Labute approximate surface area is 177 Å². The first-order valence-corrected chi connectivity index (χ1v) is 10.2. The van der Waals surface area contributed by atoms with Crippen molar-refractivity contribution in [2.75, 3.05) is 11.5 Å². The molecule has 0 radical (unpaired) electrons. The molecule has 0 atom stereocenters. The average Bonchev–Trinajstić information content (AvgIpc) is 3.14. The van der Waals surface area contributed by atoms with Gasteiger partial charge in [0, 0.05) is 11.2 Å². The third-order valence-electron chi connectivity index (χ3n) is 4.27. The number of carbonyl (C=O) groups excluding carboxylic acids is 1. The van der Waals surface area contributed by atoms with Crippen LogP contribution in [0, 0.1) is 6.92 Å². The summed E-state index contributed by atoms with van der Waals surface area (Å²) in [4.78, 5) is 23.6. The fraction of sp³-hybridized carbons (Fsp3) is 0.136. The summed E-state index contributed by atoms with van der Waals surface area (Å²) < 4.78 is 6.65. The number of hydrogen-bond acceptors (Lipinski definition) is 5. The number of carbonyl (C=O) groups is 1. The number of rotatable bonds is 6. The lowest BCUT2D eigenvalue weighted by Crippen LogP contribution is -2.34. The molecule has 0 spiro atoms. The van der Waals surface area contributed by atoms with Crippen molar-refractivity contribution < 1.29 is 9.53 Å². The van der Waals surface area contributed by atoms with Crippen molar-refractivity contribution in [1.82, 2.24) is 9.97 Å². The molecular formula is C22H18ClN3O2S. The number of aromatic nitrogens is 2. The van der Waals surface area contributed by atoms with Crippen molar-refractivity contribution >= 4 is 44.2 Å². The normalized spacial score (nSPS) is 10.8. The molecule has 0 saturated carbocycles. The van der Waals surface area contributed by atoms with Crippen LogP contribution in [0.2, 0.25) is 5.02 Å². The van der Waals surface area contributed by atoms with E-state index in [-0.39, 0.29) is 12.5 Å². The molecule has 29 heavy (non-hydrogen) atoms. The molecule has 0 aliphatic carbocycles. The van der Waals surface area contributed by atoms with Gasteiger partial charge in [-0.2, -0.15) is 0 Å². The number of benzene rings is 2. The van der Waals surface area contributed by atoms with Gasteiger partial charge in [-0.05, 0) is 55.0 Å². The Bertz CT molecular complexity index is 1150. The molecule has 0 aliphatic rings. The first-order valence-electron chi connectivity index (χ1n) is 9.04. The summed E-state index contributed by atoms with van der Waals surface area (Å²) >= 11 is 7.52. The van der Waals surface area contributed by atoms with Gasteiger partial charge in [-0.3, -0.25) is 14.7 Å². The van der Waals surface area contributed by atoms with E-state index in [4.69, 9.17) is 16.3 Å². The second-order valence-corrected chi connectivity index (χ2v) is 7.96. The minimum atomic E-state index is -0.192. The third-order valence-corrected chi connectivity index (χ3v) is 5.55. The number of halogens is 1. The fourth-order valence-corrected chi connectivity index (χ4v) is 4.10. The van der Waals surface area contributed by atoms with Crippen molar-refractivity contribution in [2.45, 2.75) is 13.5 Å². The molecular weight excluding hydrogens is 406 g/mol. The Morgan fingerprint density at radius 2 is 2.03 bits per heavy atom. The molecule has 7 heteroatoms. The molecule has 4 rings (SSSR count). The van der Waals surface area contributed by atoms with Crippen LogP contribution in [0.4, 0.5) is 5.13 Å². The lowest BCUT2D eigenvalue weighted by molar-refractivity contribution is -0.120. The van der Waals surface area contributed by atoms with Crippen LogP contribution in [0.25, 0.3) is 10.2 Å². The lowest BCUT2D eigenvalue weighted by Gasteiger charge is -2.19. The van der Waals surface area contributed by atoms with Crippen LogP contribution >= 0.6 is 22.9 Å². The van der Waals surface area contributed by atoms with Gasteiger partial charge in [0.1, 0.15) is 5.75 Å². The molecule has 4 aromatic rings. The predicted molar refractivity (Wildman–Crippen MR) is 117 cm³/mol. The van der Waals surface area contributed by atoms with Gasteiger partial charge in [0.2, 0.25) is 0 Å². The first kappa shape index (κ1) is 19.4. The number of amides is 1. The van der Waals surface area contributed by atoms with Gasteiger partial charge in [0.15, 0.2) is 11.7 Å². The number of nitrogens with zero attached hydrogens (tertiary/aromatic N) is 3. The van der Waals surface area contributed by atoms with Gasteiger partial charge in [0.25, 0.3) is 5.91 Å². The topological polar surface area (TPSA) is 55.3 Å². The number of aryl methyl sites for hydroxylation is 1. The largest absolute Gasteiger partial charge is 0.484 e. The third kappa shape index (κ3) is 4.72. The van der Waals surface area contributed by atoms with Gasteiger partial charge in [-0.25, -0.2) is 4.98 Å². The minimum absolute atomic E-state index is 0.0903. The van der Waals surface area contributed by atoms with Crippen LogP contribution in [-0.2, 0) is 11.3 Å². The molecule has 2 heterocycles. The maximum absolute atomic E-state index is 13.1.